The third-order valence-electron chi connectivity index (χ3n) is 5.62. The van der Waals surface area contributed by atoms with E-state index in [2.05, 4.69) is 11.1 Å². The van der Waals surface area contributed by atoms with E-state index in [-0.39, 0.29) is 5.56 Å². The lowest BCUT2D eigenvalue weighted by molar-refractivity contribution is 0.0998. The van der Waals surface area contributed by atoms with E-state index < -0.39 is 5.91 Å². The maximum Gasteiger partial charge on any atom is 0.252 e. The summed E-state index contributed by atoms with van der Waals surface area (Å²) in [5, 5.41) is 0.721. The predicted octanol–water partition coefficient (Wildman–Crippen LogP) is 5.29. The number of hydrogen-bond acceptors (Lipinski definition) is 6. The highest BCUT2D eigenvalue weighted by atomic mass is 16.5. The van der Waals surface area contributed by atoms with Gasteiger partial charge in [0.2, 0.25) is 5.88 Å². The molecule has 1 aliphatic rings. The van der Waals surface area contributed by atoms with Gasteiger partial charge in [-0.25, -0.2) is 4.98 Å². The fraction of sp³-hybridized carbons (Fsp3) is 0.111. The quantitative estimate of drug-likeness (QED) is 0.428. The van der Waals surface area contributed by atoms with Crippen molar-refractivity contribution < 1.29 is 14.3 Å². The number of fused-ring (bicyclic) bond motifs is 1. The second-order valence-corrected chi connectivity index (χ2v) is 7.81. The second kappa shape index (κ2) is 9.15. The van der Waals surface area contributed by atoms with Crippen molar-refractivity contribution in [1.82, 2.24) is 15.0 Å². The van der Waals surface area contributed by atoms with Crippen LogP contribution in [0.3, 0.4) is 0 Å². The molecule has 4 aromatic rings. The van der Waals surface area contributed by atoms with Crippen molar-refractivity contribution in [2.24, 2.45) is 5.73 Å². The molecular formula is C27H22N4O3. The average molecular weight is 450 g/mol. The van der Waals surface area contributed by atoms with Crippen LogP contribution in [-0.4, -0.2) is 28.0 Å². The molecule has 0 saturated heterocycles. The number of methoxy groups -OCH3 is 1. The van der Waals surface area contributed by atoms with E-state index in [0.29, 0.717) is 23.0 Å². The summed E-state index contributed by atoms with van der Waals surface area (Å²) in [7, 11) is 1.67. The van der Waals surface area contributed by atoms with Gasteiger partial charge in [0.1, 0.15) is 11.5 Å². The fourth-order valence-electron chi connectivity index (χ4n) is 3.91. The van der Waals surface area contributed by atoms with Gasteiger partial charge in [0, 0.05) is 18.0 Å². The van der Waals surface area contributed by atoms with Gasteiger partial charge in [-0.15, -0.1) is 0 Å². The number of carbonyl (C=O) groups excluding carboxylic acids is 1. The second-order valence-electron chi connectivity index (χ2n) is 7.81. The van der Waals surface area contributed by atoms with Gasteiger partial charge < -0.3 is 15.2 Å². The normalized spacial score (nSPS) is 13.2. The number of amides is 1. The van der Waals surface area contributed by atoms with Crippen molar-refractivity contribution in [3.63, 3.8) is 0 Å². The van der Waals surface area contributed by atoms with Crippen molar-refractivity contribution in [3.05, 3.63) is 96.0 Å². The molecule has 0 spiro atoms. The molecule has 2 aromatic heterocycles. The minimum absolute atomic E-state index is 0.276. The third-order valence-corrected chi connectivity index (χ3v) is 5.62. The predicted molar refractivity (Wildman–Crippen MR) is 130 cm³/mol. The van der Waals surface area contributed by atoms with Gasteiger partial charge in [0.05, 0.1) is 23.6 Å². The average Bonchev–Trinajstić information content (AvgIpc) is 2.89. The Morgan fingerprint density at radius 2 is 1.91 bits per heavy atom. The van der Waals surface area contributed by atoms with Gasteiger partial charge in [0.25, 0.3) is 5.91 Å². The first kappa shape index (κ1) is 21.3. The topological polar surface area (TPSA) is 100 Å². The van der Waals surface area contributed by atoms with Crippen LogP contribution in [0.15, 0.2) is 84.9 Å². The molecule has 0 bridgehead atoms. The number of hydrogen-bond donors (Lipinski definition) is 1. The smallest absolute Gasteiger partial charge is 0.252 e. The first-order valence-electron chi connectivity index (χ1n) is 10.9. The lowest BCUT2D eigenvalue weighted by Crippen LogP contribution is -2.12. The summed E-state index contributed by atoms with van der Waals surface area (Å²) in [4.78, 5) is 25.6. The van der Waals surface area contributed by atoms with Crippen LogP contribution in [0.4, 0.5) is 0 Å². The van der Waals surface area contributed by atoms with Crippen molar-refractivity contribution >= 4 is 22.4 Å². The Kier molecular flexibility index (Phi) is 5.74. The van der Waals surface area contributed by atoms with Crippen LogP contribution in [-0.2, 0) is 4.74 Å². The van der Waals surface area contributed by atoms with E-state index >= 15 is 0 Å². The Morgan fingerprint density at radius 3 is 2.71 bits per heavy atom. The highest BCUT2D eigenvalue weighted by Crippen LogP contribution is 2.35. The lowest BCUT2D eigenvalue weighted by Gasteiger charge is -2.16. The SMILES string of the molecule is COC1=CCCC(c2ccc3nc(-c4cccnc4)nc(Oc4ccccc4C(N)=O)c3c2)=C1. The van der Waals surface area contributed by atoms with Gasteiger partial charge in [-0.3, -0.25) is 9.78 Å². The van der Waals surface area contributed by atoms with Gasteiger partial charge in [-0.2, -0.15) is 4.98 Å². The molecule has 168 valence electrons. The molecule has 5 rings (SSSR count). The molecule has 0 fully saturated rings. The van der Waals surface area contributed by atoms with Crippen molar-refractivity contribution in [1.29, 1.82) is 0 Å². The number of ether oxygens (including phenoxy) is 2. The molecule has 2 aromatic carbocycles. The molecule has 2 heterocycles. The Morgan fingerprint density at radius 1 is 1.03 bits per heavy atom. The Labute approximate surface area is 196 Å². The maximum absolute atomic E-state index is 12.0. The van der Waals surface area contributed by atoms with Crippen LogP contribution in [0.1, 0.15) is 28.8 Å². The number of aromatic nitrogens is 3. The van der Waals surface area contributed by atoms with Crippen molar-refractivity contribution in [3.8, 4) is 23.0 Å². The molecule has 0 radical (unpaired) electrons. The summed E-state index contributed by atoms with van der Waals surface area (Å²) in [5.41, 5.74) is 9.49. The number of rotatable bonds is 6. The molecule has 0 saturated carbocycles. The van der Waals surface area contributed by atoms with E-state index in [1.54, 1.807) is 43.8 Å². The first-order valence-corrected chi connectivity index (χ1v) is 10.9. The summed E-state index contributed by atoms with van der Waals surface area (Å²) < 4.78 is 11.6. The molecule has 2 N–H and O–H groups in total. The van der Waals surface area contributed by atoms with E-state index in [4.69, 9.17) is 25.2 Å². The van der Waals surface area contributed by atoms with Crippen molar-refractivity contribution in [2.75, 3.05) is 7.11 Å². The van der Waals surface area contributed by atoms with E-state index in [0.717, 1.165) is 40.7 Å². The molecule has 1 amide bonds. The maximum atomic E-state index is 12.0. The number of benzene rings is 2. The standard InChI is InChI=1S/C27H22N4O3/c1-33-20-8-4-6-17(14-20)18-11-12-23-22(15-18)27(31-26(30-23)19-7-5-13-29-16-19)34-24-10-3-2-9-21(24)25(28)32/h2-3,5,7-16H,4,6H2,1H3,(H2,28,32). The number of carbonyl (C=O) groups is 1. The fourth-order valence-corrected chi connectivity index (χ4v) is 3.91. The number of allylic oxidation sites excluding steroid dienone is 3. The number of primary amides is 1. The van der Waals surface area contributed by atoms with Gasteiger partial charge in [-0.1, -0.05) is 18.2 Å². The minimum atomic E-state index is -0.576. The van der Waals surface area contributed by atoms with E-state index in [9.17, 15) is 4.79 Å². The molecule has 0 aliphatic heterocycles. The molecule has 0 atom stereocenters. The Bertz CT molecular complexity index is 1450. The zero-order valence-corrected chi connectivity index (χ0v) is 18.6. The summed E-state index contributed by atoms with van der Waals surface area (Å²) in [5.74, 6) is 1.41. The van der Waals surface area contributed by atoms with E-state index in [1.807, 2.05) is 36.4 Å². The zero-order valence-electron chi connectivity index (χ0n) is 18.6. The number of para-hydroxylation sites is 1. The van der Waals surface area contributed by atoms with E-state index in [1.165, 1.54) is 0 Å². The summed E-state index contributed by atoms with van der Waals surface area (Å²) in [6, 6.07) is 16.5. The van der Waals surface area contributed by atoms with Crippen LogP contribution in [0.25, 0.3) is 27.9 Å². The number of pyridine rings is 1. The molecular weight excluding hydrogens is 428 g/mol. The van der Waals surface area contributed by atoms with Crippen LogP contribution >= 0.6 is 0 Å². The van der Waals surface area contributed by atoms with Gasteiger partial charge in [0.15, 0.2) is 5.82 Å². The molecule has 1 aliphatic carbocycles. The van der Waals surface area contributed by atoms with Crippen LogP contribution in [0, 0.1) is 0 Å². The summed E-state index contributed by atoms with van der Waals surface area (Å²) in [6.07, 6.45) is 9.30. The number of nitrogens with two attached hydrogens (primary N) is 1. The van der Waals surface area contributed by atoms with Crippen LogP contribution in [0.2, 0.25) is 0 Å². The van der Waals surface area contributed by atoms with Gasteiger partial charge >= 0.3 is 0 Å². The molecule has 7 heteroatoms. The summed E-state index contributed by atoms with van der Waals surface area (Å²) >= 11 is 0. The molecule has 0 unspecified atom stereocenters. The lowest BCUT2D eigenvalue weighted by atomic mass is 9.95. The first-order chi connectivity index (χ1) is 16.6. The molecule has 34 heavy (non-hydrogen) atoms. The Hall–Kier alpha value is -4.52. The minimum Gasteiger partial charge on any atom is -0.497 e. The number of nitrogens with zero attached hydrogens (tertiary/aromatic N) is 3. The van der Waals surface area contributed by atoms with Crippen LogP contribution < -0.4 is 10.5 Å². The van der Waals surface area contributed by atoms with Crippen LogP contribution in [0.5, 0.6) is 11.6 Å². The van der Waals surface area contributed by atoms with Crippen molar-refractivity contribution in [2.45, 2.75) is 12.8 Å². The highest BCUT2D eigenvalue weighted by molar-refractivity contribution is 5.96. The Balaban J connectivity index is 1.67. The largest absolute Gasteiger partial charge is 0.497 e. The highest BCUT2D eigenvalue weighted by Gasteiger charge is 2.17. The summed E-state index contributed by atoms with van der Waals surface area (Å²) in [6.45, 7) is 0. The van der Waals surface area contributed by atoms with Gasteiger partial charge in [-0.05, 0) is 72.5 Å². The third kappa shape index (κ3) is 4.23. The zero-order chi connectivity index (χ0) is 23.5. The molecule has 7 nitrogen and oxygen atoms in total. The monoisotopic (exact) mass is 450 g/mol.